The molecule has 0 saturated carbocycles. The van der Waals surface area contributed by atoms with Gasteiger partial charge in [0, 0.05) is 18.9 Å². The number of rotatable bonds is 3. The van der Waals surface area contributed by atoms with E-state index in [-0.39, 0.29) is 19.8 Å². The first-order valence-corrected chi connectivity index (χ1v) is 4.68. The molecule has 1 aromatic heterocycles. The summed E-state index contributed by atoms with van der Waals surface area (Å²) in [4.78, 5) is 4.23. The van der Waals surface area contributed by atoms with Crippen LogP contribution in [0, 0.1) is 6.07 Å². The molecule has 0 unspecified atom stereocenters. The fraction of sp³-hybridized carbons (Fsp3) is 0.0833. The molecule has 0 aliphatic carbocycles. The van der Waals surface area contributed by atoms with Gasteiger partial charge in [-0.05, 0) is 6.07 Å². The third-order valence-electron chi connectivity index (χ3n) is 1.87. The number of anilines is 1. The Balaban J connectivity index is 0.00000128. The Hall–Kier alpha value is -1.39. The average molecular weight is 389 g/mol. The maximum Gasteiger partial charge on any atom is 1.00 e. The number of pyridine rings is 1. The van der Waals surface area contributed by atoms with Crippen LogP contribution in [-0.2, 0) is 19.8 Å². The van der Waals surface area contributed by atoms with Crippen LogP contribution in [0.2, 0.25) is 0 Å². The van der Waals surface area contributed by atoms with Crippen molar-refractivity contribution in [2.75, 3.05) is 12.4 Å². The van der Waals surface area contributed by atoms with E-state index >= 15 is 0 Å². The summed E-state index contributed by atoms with van der Waals surface area (Å²) in [6, 6.07) is 16.0. The van der Waals surface area contributed by atoms with E-state index in [1.54, 1.807) is 6.07 Å². The maximum atomic E-state index is 5.51. The Morgan fingerprint density at radius 1 is 1.19 bits per heavy atom. The first-order chi connectivity index (χ1) is 7.38. The molecule has 2 rings (SSSR count). The second-order valence-electron chi connectivity index (χ2n) is 2.94. The van der Waals surface area contributed by atoms with Crippen LogP contribution in [0.5, 0.6) is 11.6 Å². The molecule has 1 aromatic carbocycles. The number of hydrogen-bond donors (Lipinski definition) is 1. The molecular weight excluding hydrogens is 378 g/mol. The minimum atomic E-state index is 0. The second kappa shape index (κ2) is 6.25. The molecule has 0 bridgehead atoms. The van der Waals surface area contributed by atoms with Gasteiger partial charge in [-0.25, -0.2) is 0 Å². The number of nitrogens with one attached hydrogen (secondary N) is 1. The summed E-state index contributed by atoms with van der Waals surface area (Å²) in [5.41, 5.74) is 0. The van der Waals surface area contributed by atoms with Crippen molar-refractivity contribution >= 4 is 5.82 Å². The number of nitrogens with zero attached hydrogens (tertiary/aromatic N) is 1. The largest absolute Gasteiger partial charge is 1.00 e. The van der Waals surface area contributed by atoms with Gasteiger partial charge in [0.05, 0.1) is 0 Å². The van der Waals surface area contributed by atoms with E-state index in [9.17, 15) is 0 Å². The zero-order valence-corrected chi connectivity index (χ0v) is 11.3. The van der Waals surface area contributed by atoms with Crippen molar-refractivity contribution in [1.82, 2.24) is 4.98 Å². The summed E-state index contributed by atoms with van der Waals surface area (Å²) in [6.45, 7) is 0. The molecule has 0 aliphatic rings. The van der Waals surface area contributed by atoms with Gasteiger partial charge < -0.3 is 10.1 Å². The van der Waals surface area contributed by atoms with Gasteiger partial charge in [-0.15, -0.1) is 12.1 Å². The van der Waals surface area contributed by atoms with Crippen molar-refractivity contribution < 1.29 is 24.5 Å². The monoisotopic (exact) mass is 391 g/mol. The van der Waals surface area contributed by atoms with Crippen LogP contribution in [0.4, 0.5) is 5.82 Å². The SMILES string of the molecule is CNc1cccc(Oc2[c-]cccc2)n1.[Os+]. The molecule has 0 spiro atoms. The van der Waals surface area contributed by atoms with Crippen LogP contribution in [0.25, 0.3) is 0 Å². The smallest absolute Gasteiger partial charge is 0.466 e. The molecule has 1 heterocycles. The van der Waals surface area contributed by atoms with Gasteiger partial charge >= 0.3 is 19.8 Å². The van der Waals surface area contributed by atoms with Crippen LogP contribution in [0.1, 0.15) is 0 Å². The van der Waals surface area contributed by atoms with Crippen molar-refractivity contribution in [2.45, 2.75) is 0 Å². The first kappa shape index (κ1) is 12.7. The number of para-hydroxylation sites is 1. The van der Waals surface area contributed by atoms with Crippen molar-refractivity contribution in [3.05, 3.63) is 48.5 Å². The Bertz CT molecular complexity index is 434. The summed E-state index contributed by atoms with van der Waals surface area (Å²) in [5, 5.41) is 2.95. The molecule has 83 valence electrons. The third-order valence-corrected chi connectivity index (χ3v) is 1.87. The van der Waals surface area contributed by atoms with Gasteiger partial charge in [-0.3, -0.25) is 0 Å². The Labute approximate surface area is 108 Å². The standard InChI is InChI=1S/C12H11N2O.Os/c1-13-11-8-5-9-12(14-11)15-10-6-3-2-4-7-10;/h2-6,8-9H,1H3,(H,13,14);/q-1;+1. The first-order valence-electron chi connectivity index (χ1n) is 4.68. The van der Waals surface area contributed by atoms with Crippen molar-refractivity contribution in [1.29, 1.82) is 0 Å². The summed E-state index contributed by atoms with van der Waals surface area (Å²) in [6.07, 6.45) is 0. The molecule has 2 aromatic rings. The van der Waals surface area contributed by atoms with Crippen molar-refractivity contribution in [3.8, 4) is 11.6 Å². The van der Waals surface area contributed by atoms with E-state index in [1.165, 1.54) is 0 Å². The molecule has 16 heavy (non-hydrogen) atoms. The minimum absolute atomic E-state index is 0. The van der Waals surface area contributed by atoms with E-state index in [0.717, 1.165) is 5.82 Å². The van der Waals surface area contributed by atoms with Gasteiger partial charge in [0.25, 0.3) is 0 Å². The van der Waals surface area contributed by atoms with E-state index in [2.05, 4.69) is 16.4 Å². The minimum Gasteiger partial charge on any atom is -0.466 e. The van der Waals surface area contributed by atoms with Crippen LogP contribution in [0.3, 0.4) is 0 Å². The predicted octanol–water partition coefficient (Wildman–Crippen LogP) is 2.71. The second-order valence-corrected chi connectivity index (χ2v) is 2.94. The zero-order valence-electron chi connectivity index (χ0n) is 8.75. The number of aromatic nitrogens is 1. The Morgan fingerprint density at radius 2 is 2.06 bits per heavy atom. The van der Waals surface area contributed by atoms with Crippen molar-refractivity contribution in [2.24, 2.45) is 0 Å². The van der Waals surface area contributed by atoms with Gasteiger partial charge in [0.15, 0.2) is 0 Å². The molecule has 1 N–H and O–H groups in total. The summed E-state index contributed by atoms with van der Waals surface area (Å²) < 4.78 is 5.51. The van der Waals surface area contributed by atoms with Crippen LogP contribution < -0.4 is 10.1 Å². The van der Waals surface area contributed by atoms with Gasteiger partial charge in [-0.2, -0.15) is 23.2 Å². The Kier molecular flexibility index (Phi) is 4.95. The molecule has 1 radical (unpaired) electrons. The topological polar surface area (TPSA) is 34.1 Å². The molecular formula is C12H11N2OOs. The number of benzene rings is 1. The number of hydrogen-bond acceptors (Lipinski definition) is 3. The normalized spacial score (nSPS) is 9.06. The van der Waals surface area contributed by atoms with Crippen molar-refractivity contribution in [3.63, 3.8) is 0 Å². The molecule has 0 atom stereocenters. The third kappa shape index (κ3) is 3.32. The summed E-state index contributed by atoms with van der Waals surface area (Å²) >= 11 is 0. The van der Waals surface area contributed by atoms with E-state index in [0.29, 0.717) is 11.6 Å². The summed E-state index contributed by atoms with van der Waals surface area (Å²) in [7, 11) is 1.82. The van der Waals surface area contributed by atoms with E-state index in [1.807, 2.05) is 43.4 Å². The average Bonchev–Trinajstić information content (AvgIpc) is 2.31. The predicted molar refractivity (Wildman–Crippen MR) is 59.1 cm³/mol. The zero-order chi connectivity index (χ0) is 10.5. The van der Waals surface area contributed by atoms with Crippen LogP contribution in [-0.4, -0.2) is 12.0 Å². The van der Waals surface area contributed by atoms with Gasteiger partial charge in [-0.1, -0.05) is 6.07 Å². The molecule has 3 nitrogen and oxygen atoms in total. The molecule has 0 fully saturated rings. The fourth-order valence-corrected chi connectivity index (χ4v) is 1.16. The molecule has 4 heteroatoms. The van der Waals surface area contributed by atoms with E-state index in [4.69, 9.17) is 4.74 Å². The van der Waals surface area contributed by atoms with E-state index < -0.39 is 0 Å². The fourth-order valence-electron chi connectivity index (χ4n) is 1.16. The van der Waals surface area contributed by atoms with Gasteiger partial charge in [0.2, 0.25) is 5.88 Å². The molecule has 0 amide bonds. The van der Waals surface area contributed by atoms with Crippen LogP contribution >= 0.6 is 0 Å². The maximum absolute atomic E-state index is 5.51. The number of ether oxygens (including phenoxy) is 1. The molecule has 0 aliphatic heterocycles. The molecule has 0 saturated heterocycles. The van der Waals surface area contributed by atoms with Gasteiger partial charge in [0.1, 0.15) is 5.82 Å². The summed E-state index contributed by atoms with van der Waals surface area (Å²) in [5.74, 6) is 2.01. The quantitative estimate of drug-likeness (QED) is 0.820. The Morgan fingerprint density at radius 3 is 2.75 bits per heavy atom. The van der Waals surface area contributed by atoms with Crippen LogP contribution in [0.15, 0.2) is 42.5 Å².